The third kappa shape index (κ3) is 33.8. The molecule has 0 bridgehead atoms. The van der Waals surface area contributed by atoms with E-state index in [-0.39, 0.29) is 11.8 Å². The summed E-state index contributed by atoms with van der Waals surface area (Å²) in [5, 5.41) is 6.12. The Morgan fingerprint density at radius 1 is 0.533 bits per heavy atom. The number of allylic oxidation sites excluding steroid dienone is 2. The van der Waals surface area contributed by atoms with Crippen molar-refractivity contribution < 1.29 is 9.59 Å². The van der Waals surface area contributed by atoms with Crippen LogP contribution in [0.5, 0.6) is 0 Å². The standard InChI is InChI=1S/C40H79N3O2/c1-3-5-7-9-11-13-15-17-19-20-22-24-26-28-30-35-39(44)43-38(34-31-32-36-41)40(45)42-37-33-29-27-25-23-21-18-16-14-12-10-8-6-4-2/h17,19,38H,3-16,18,20-37,41H2,1-2H3,(H,42,45)(H,43,44)/b19-17+. The normalized spacial score (nSPS) is 12.2. The number of unbranched alkanes of at least 4 members (excludes halogenated alkanes) is 25. The Hall–Kier alpha value is -1.36. The Balaban J connectivity index is 3.85. The van der Waals surface area contributed by atoms with Crippen molar-refractivity contribution >= 4 is 11.8 Å². The van der Waals surface area contributed by atoms with Crippen LogP contribution in [-0.4, -0.2) is 30.9 Å². The number of nitrogens with one attached hydrogen (secondary N) is 2. The highest BCUT2D eigenvalue weighted by molar-refractivity contribution is 5.87. The van der Waals surface area contributed by atoms with Gasteiger partial charge in [-0.05, 0) is 64.3 Å². The van der Waals surface area contributed by atoms with Crippen molar-refractivity contribution in [2.75, 3.05) is 13.1 Å². The van der Waals surface area contributed by atoms with E-state index in [1.54, 1.807) is 0 Å². The Labute approximate surface area is 281 Å². The van der Waals surface area contributed by atoms with Crippen LogP contribution in [0.2, 0.25) is 0 Å². The summed E-state index contributed by atoms with van der Waals surface area (Å²) in [6, 6.07) is -0.432. The van der Waals surface area contributed by atoms with Crippen LogP contribution in [0.25, 0.3) is 0 Å². The van der Waals surface area contributed by atoms with Gasteiger partial charge in [-0.3, -0.25) is 9.59 Å². The van der Waals surface area contributed by atoms with Crippen LogP contribution in [0, 0.1) is 0 Å². The summed E-state index contributed by atoms with van der Waals surface area (Å²) in [7, 11) is 0. The molecule has 0 spiro atoms. The molecule has 0 saturated heterocycles. The van der Waals surface area contributed by atoms with Gasteiger partial charge in [0.05, 0.1) is 0 Å². The van der Waals surface area contributed by atoms with Gasteiger partial charge in [0.2, 0.25) is 11.8 Å². The third-order valence-electron chi connectivity index (χ3n) is 9.09. The number of nitrogens with two attached hydrogens (primary N) is 1. The minimum absolute atomic E-state index is 0.0111. The third-order valence-corrected chi connectivity index (χ3v) is 9.09. The molecule has 0 aromatic carbocycles. The van der Waals surface area contributed by atoms with Crippen molar-refractivity contribution in [3.8, 4) is 0 Å². The number of hydrogen-bond donors (Lipinski definition) is 3. The molecule has 4 N–H and O–H groups in total. The highest BCUT2D eigenvalue weighted by Crippen LogP contribution is 2.13. The van der Waals surface area contributed by atoms with E-state index in [1.807, 2.05) is 0 Å². The SMILES string of the molecule is CCCCCCCC/C=C/CCCCCCCC(=O)NC(CCCCN)C(=O)NCCCCCCCCCCCCCCCC. The van der Waals surface area contributed by atoms with Gasteiger partial charge in [0.25, 0.3) is 0 Å². The maximum absolute atomic E-state index is 12.9. The lowest BCUT2D eigenvalue weighted by Gasteiger charge is -2.18. The summed E-state index contributed by atoms with van der Waals surface area (Å²) in [4.78, 5) is 25.5. The predicted octanol–water partition coefficient (Wildman–Crippen LogP) is 11.2. The van der Waals surface area contributed by atoms with Gasteiger partial charge in [0.15, 0.2) is 0 Å². The average Bonchev–Trinajstić information content (AvgIpc) is 3.04. The van der Waals surface area contributed by atoms with Crippen LogP contribution in [0.15, 0.2) is 12.2 Å². The molecule has 2 amide bonds. The molecule has 0 aliphatic carbocycles. The van der Waals surface area contributed by atoms with Crippen molar-refractivity contribution in [2.24, 2.45) is 5.73 Å². The molecule has 0 rings (SSSR count). The molecule has 0 radical (unpaired) electrons. The van der Waals surface area contributed by atoms with E-state index in [4.69, 9.17) is 5.73 Å². The fourth-order valence-corrected chi connectivity index (χ4v) is 6.04. The van der Waals surface area contributed by atoms with Gasteiger partial charge >= 0.3 is 0 Å². The number of carbonyl (C=O) groups excluding carboxylic acids is 2. The molecular formula is C40H79N3O2. The van der Waals surface area contributed by atoms with Gasteiger partial charge < -0.3 is 16.4 Å². The first-order valence-electron chi connectivity index (χ1n) is 20.1. The molecule has 1 atom stereocenters. The molecule has 0 aromatic heterocycles. The second-order valence-corrected chi connectivity index (χ2v) is 13.6. The zero-order valence-electron chi connectivity index (χ0n) is 30.5. The van der Waals surface area contributed by atoms with Crippen LogP contribution in [0.4, 0.5) is 0 Å². The molecule has 0 fully saturated rings. The van der Waals surface area contributed by atoms with Crippen LogP contribution < -0.4 is 16.4 Å². The van der Waals surface area contributed by atoms with Gasteiger partial charge in [-0.2, -0.15) is 0 Å². The summed E-state index contributed by atoms with van der Waals surface area (Å²) in [6.45, 7) is 5.87. The highest BCUT2D eigenvalue weighted by atomic mass is 16.2. The van der Waals surface area contributed by atoms with Crippen LogP contribution in [0.3, 0.4) is 0 Å². The smallest absolute Gasteiger partial charge is 0.242 e. The Kier molecular flexibility index (Phi) is 36.0. The molecule has 0 heterocycles. The molecule has 0 saturated carbocycles. The Morgan fingerprint density at radius 3 is 1.42 bits per heavy atom. The maximum Gasteiger partial charge on any atom is 0.242 e. The van der Waals surface area contributed by atoms with Crippen molar-refractivity contribution in [1.82, 2.24) is 10.6 Å². The minimum atomic E-state index is -0.432. The predicted molar refractivity (Wildman–Crippen MR) is 198 cm³/mol. The largest absolute Gasteiger partial charge is 0.354 e. The molecule has 0 aromatic rings. The van der Waals surface area contributed by atoms with E-state index in [1.165, 1.54) is 148 Å². The first kappa shape index (κ1) is 43.6. The van der Waals surface area contributed by atoms with Gasteiger partial charge in [0.1, 0.15) is 6.04 Å². The van der Waals surface area contributed by atoms with Gasteiger partial charge in [-0.1, -0.05) is 161 Å². The average molecular weight is 634 g/mol. The number of hydrogen-bond acceptors (Lipinski definition) is 3. The molecule has 0 aliphatic heterocycles. The lowest BCUT2D eigenvalue weighted by atomic mass is 10.0. The lowest BCUT2D eigenvalue weighted by Crippen LogP contribution is -2.47. The molecule has 5 heteroatoms. The molecule has 5 nitrogen and oxygen atoms in total. The number of carbonyl (C=O) groups is 2. The second-order valence-electron chi connectivity index (χ2n) is 13.6. The van der Waals surface area contributed by atoms with E-state index >= 15 is 0 Å². The number of rotatable bonds is 36. The van der Waals surface area contributed by atoms with Crippen molar-refractivity contribution in [3.05, 3.63) is 12.2 Å². The minimum Gasteiger partial charge on any atom is -0.354 e. The second kappa shape index (κ2) is 37.1. The highest BCUT2D eigenvalue weighted by Gasteiger charge is 2.19. The number of amides is 2. The molecule has 1 unspecified atom stereocenters. The van der Waals surface area contributed by atoms with E-state index in [0.29, 0.717) is 25.9 Å². The van der Waals surface area contributed by atoms with E-state index in [9.17, 15) is 9.59 Å². The summed E-state index contributed by atoms with van der Waals surface area (Å²) in [5.74, 6) is -0.0170. The van der Waals surface area contributed by atoms with Gasteiger partial charge in [-0.25, -0.2) is 0 Å². The topological polar surface area (TPSA) is 84.2 Å². The van der Waals surface area contributed by atoms with Crippen LogP contribution in [0.1, 0.15) is 213 Å². The fraction of sp³-hybridized carbons (Fsp3) is 0.900. The Morgan fingerprint density at radius 2 is 0.956 bits per heavy atom. The van der Waals surface area contributed by atoms with E-state index in [2.05, 4.69) is 36.6 Å². The molecule has 45 heavy (non-hydrogen) atoms. The van der Waals surface area contributed by atoms with Crippen LogP contribution in [-0.2, 0) is 9.59 Å². The zero-order chi connectivity index (χ0) is 32.9. The van der Waals surface area contributed by atoms with E-state index < -0.39 is 6.04 Å². The van der Waals surface area contributed by atoms with Crippen molar-refractivity contribution in [2.45, 2.75) is 219 Å². The lowest BCUT2D eigenvalue weighted by molar-refractivity contribution is -0.129. The van der Waals surface area contributed by atoms with Crippen LogP contribution >= 0.6 is 0 Å². The Bertz CT molecular complexity index is 651. The zero-order valence-corrected chi connectivity index (χ0v) is 30.5. The summed E-state index contributed by atoms with van der Waals surface area (Å²) in [6.07, 6.45) is 42.5. The fourth-order valence-electron chi connectivity index (χ4n) is 6.04. The van der Waals surface area contributed by atoms with Gasteiger partial charge in [0, 0.05) is 13.0 Å². The van der Waals surface area contributed by atoms with Gasteiger partial charge in [-0.15, -0.1) is 0 Å². The molecule has 266 valence electrons. The quantitative estimate of drug-likeness (QED) is 0.0474. The first-order valence-corrected chi connectivity index (χ1v) is 20.1. The summed E-state index contributed by atoms with van der Waals surface area (Å²) in [5.41, 5.74) is 5.67. The summed E-state index contributed by atoms with van der Waals surface area (Å²) < 4.78 is 0. The molecule has 0 aliphatic rings. The van der Waals surface area contributed by atoms with Crippen molar-refractivity contribution in [3.63, 3.8) is 0 Å². The van der Waals surface area contributed by atoms with Crippen molar-refractivity contribution in [1.29, 1.82) is 0 Å². The monoisotopic (exact) mass is 634 g/mol. The molecular weight excluding hydrogens is 554 g/mol. The van der Waals surface area contributed by atoms with E-state index in [0.717, 1.165) is 38.5 Å². The maximum atomic E-state index is 12.9. The first-order chi connectivity index (χ1) is 22.2. The summed E-state index contributed by atoms with van der Waals surface area (Å²) >= 11 is 0.